The number of fused-ring (bicyclic) bond motifs is 1. The first kappa shape index (κ1) is 14.6. The van der Waals surface area contributed by atoms with Crippen LogP contribution in [0.25, 0.3) is 22.3 Å². The average Bonchev–Trinajstić information content (AvgIpc) is 3.06. The van der Waals surface area contributed by atoms with Crippen LogP contribution in [0.3, 0.4) is 0 Å². The summed E-state index contributed by atoms with van der Waals surface area (Å²) in [4.78, 5) is 25.0. The maximum atomic E-state index is 10.6. The summed E-state index contributed by atoms with van der Waals surface area (Å²) < 4.78 is 0. The van der Waals surface area contributed by atoms with Crippen molar-refractivity contribution in [1.82, 2.24) is 20.3 Å². The van der Waals surface area contributed by atoms with Crippen LogP contribution in [0, 0.1) is 0 Å². The lowest BCUT2D eigenvalue weighted by Crippen LogP contribution is -2.43. The van der Waals surface area contributed by atoms with Gasteiger partial charge in [0.15, 0.2) is 0 Å². The molecule has 0 aliphatic carbocycles. The number of nitrogens with zero attached hydrogens (tertiary/aromatic N) is 3. The molecular formula is C17H18N6O. The van der Waals surface area contributed by atoms with Crippen molar-refractivity contribution < 1.29 is 4.79 Å². The van der Waals surface area contributed by atoms with Crippen molar-refractivity contribution in [3.8, 4) is 11.3 Å². The minimum absolute atomic E-state index is 0.652. The lowest BCUT2D eigenvalue weighted by Gasteiger charge is -2.28. The number of rotatable bonds is 4. The monoisotopic (exact) mass is 322 g/mol. The second-order valence-corrected chi connectivity index (χ2v) is 5.75. The highest BCUT2D eigenvalue weighted by molar-refractivity contribution is 5.87. The minimum atomic E-state index is 0.652. The molecule has 0 spiro atoms. The van der Waals surface area contributed by atoms with Crippen LogP contribution < -0.4 is 15.5 Å². The number of aromatic amines is 1. The van der Waals surface area contributed by atoms with Gasteiger partial charge >= 0.3 is 0 Å². The van der Waals surface area contributed by atoms with E-state index in [2.05, 4.69) is 36.6 Å². The smallest absolute Gasteiger partial charge is 0.211 e. The molecule has 122 valence electrons. The molecule has 0 saturated carbocycles. The van der Waals surface area contributed by atoms with Gasteiger partial charge in [0, 0.05) is 49.0 Å². The second kappa shape index (κ2) is 6.29. The van der Waals surface area contributed by atoms with Gasteiger partial charge in [-0.2, -0.15) is 0 Å². The van der Waals surface area contributed by atoms with Crippen molar-refractivity contribution in [2.75, 3.05) is 36.4 Å². The highest BCUT2D eigenvalue weighted by Gasteiger charge is 2.13. The summed E-state index contributed by atoms with van der Waals surface area (Å²) in [7, 11) is 0. The van der Waals surface area contributed by atoms with Crippen LogP contribution in [-0.4, -0.2) is 47.5 Å². The zero-order chi connectivity index (χ0) is 16.4. The molecule has 0 radical (unpaired) electrons. The maximum Gasteiger partial charge on any atom is 0.211 e. The number of hydrogen-bond donors (Lipinski definition) is 3. The Labute approximate surface area is 139 Å². The Balaban J connectivity index is 1.67. The predicted molar refractivity (Wildman–Crippen MR) is 94.1 cm³/mol. The lowest BCUT2D eigenvalue weighted by molar-refractivity contribution is -0.105. The number of piperazine rings is 1. The van der Waals surface area contributed by atoms with Gasteiger partial charge < -0.3 is 20.5 Å². The molecule has 0 unspecified atom stereocenters. The Morgan fingerprint density at radius 2 is 2.04 bits per heavy atom. The molecule has 1 aliphatic rings. The molecular weight excluding hydrogens is 304 g/mol. The van der Waals surface area contributed by atoms with Crippen LogP contribution in [0.2, 0.25) is 0 Å². The largest absolute Gasteiger partial charge is 0.354 e. The van der Waals surface area contributed by atoms with Gasteiger partial charge in [-0.3, -0.25) is 4.79 Å². The number of carbonyl (C=O) groups excluding carboxylic acids is 1. The maximum absolute atomic E-state index is 10.6. The molecule has 3 N–H and O–H groups in total. The molecule has 4 heterocycles. The molecule has 3 aromatic heterocycles. The van der Waals surface area contributed by atoms with E-state index >= 15 is 0 Å². The Kier molecular flexibility index (Phi) is 3.84. The Bertz CT molecular complexity index is 868. The molecule has 0 aromatic carbocycles. The number of aromatic nitrogens is 3. The molecule has 7 heteroatoms. The van der Waals surface area contributed by atoms with Gasteiger partial charge in [0.1, 0.15) is 11.5 Å². The Morgan fingerprint density at radius 3 is 2.88 bits per heavy atom. The van der Waals surface area contributed by atoms with Crippen molar-refractivity contribution in [3.63, 3.8) is 0 Å². The van der Waals surface area contributed by atoms with Gasteiger partial charge in [0.2, 0.25) is 6.41 Å². The predicted octanol–water partition coefficient (Wildman–Crippen LogP) is 1.60. The van der Waals surface area contributed by atoms with Crippen LogP contribution in [0.1, 0.15) is 0 Å². The fourth-order valence-corrected chi connectivity index (χ4v) is 2.97. The number of amides is 1. The third-order valence-electron chi connectivity index (χ3n) is 4.19. The van der Waals surface area contributed by atoms with Gasteiger partial charge in [-0.15, -0.1) is 0 Å². The fourth-order valence-electron chi connectivity index (χ4n) is 2.97. The van der Waals surface area contributed by atoms with Gasteiger partial charge in [0.25, 0.3) is 0 Å². The third-order valence-corrected chi connectivity index (χ3v) is 4.19. The van der Waals surface area contributed by atoms with Crippen LogP contribution in [-0.2, 0) is 4.79 Å². The average molecular weight is 322 g/mol. The zero-order valence-corrected chi connectivity index (χ0v) is 13.1. The van der Waals surface area contributed by atoms with E-state index in [9.17, 15) is 4.79 Å². The van der Waals surface area contributed by atoms with Gasteiger partial charge in [-0.1, -0.05) is 0 Å². The summed E-state index contributed by atoms with van der Waals surface area (Å²) in [5, 5.41) is 6.93. The SMILES string of the molecule is O=CNc1cnc2[nH]c(-c3ccnc(N4CCNCC4)c3)cc2c1. The molecule has 4 rings (SSSR count). The molecule has 1 amide bonds. The van der Waals surface area contributed by atoms with E-state index in [4.69, 9.17) is 0 Å². The molecule has 24 heavy (non-hydrogen) atoms. The van der Waals surface area contributed by atoms with Gasteiger partial charge in [0.05, 0.1) is 11.9 Å². The number of H-pyrrole nitrogens is 1. The van der Waals surface area contributed by atoms with Crippen molar-refractivity contribution in [2.24, 2.45) is 0 Å². The highest BCUT2D eigenvalue weighted by Crippen LogP contribution is 2.26. The standard InChI is InChI=1S/C17H18N6O/c24-11-21-14-7-13-8-15(22-17(13)20-10-14)12-1-2-19-16(9-12)23-5-3-18-4-6-23/h1-2,7-11,18H,3-6H2,(H,20,22)(H,21,24). The van der Waals surface area contributed by atoms with E-state index in [1.54, 1.807) is 6.20 Å². The number of anilines is 2. The number of pyridine rings is 2. The third kappa shape index (κ3) is 2.81. The Hall–Kier alpha value is -2.93. The molecule has 1 aliphatic heterocycles. The van der Waals surface area contributed by atoms with Crippen LogP contribution >= 0.6 is 0 Å². The molecule has 7 nitrogen and oxygen atoms in total. The van der Waals surface area contributed by atoms with Gasteiger partial charge in [-0.05, 0) is 24.3 Å². The number of carbonyl (C=O) groups is 1. The normalized spacial score (nSPS) is 14.8. The summed E-state index contributed by atoms with van der Waals surface area (Å²) in [6, 6.07) is 8.02. The first-order valence-electron chi connectivity index (χ1n) is 7.94. The second-order valence-electron chi connectivity index (χ2n) is 5.75. The van der Waals surface area contributed by atoms with Crippen molar-refractivity contribution >= 4 is 28.9 Å². The van der Waals surface area contributed by atoms with Crippen LogP contribution in [0.15, 0.2) is 36.7 Å². The summed E-state index contributed by atoms with van der Waals surface area (Å²) in [6.45, 7) is 3.89. The lowest BCUT2D eigenvalue weighted by atomic mass is 10.2. The summed E-state index contributed by atoms with van der Waals surface area (Å²) in [5.74, 6) is 0.990. The van der Waals surface area contributed by atoms with Crippen LogP contribution in [0.5, 0.6) is 0 Å². The van der Waals surface area contributed by atoms with Crippen LogP contribution in [0.4, 0.5) is 11.5 Å². The zero-order valence-electron chi connectivity index (χ0n) is 13.1. The summed E-state index contributed by atoms with van der Waals surface area (Å²) in [5.41, 5.74) is 3.53. The van der Waals surface area contributed by atoms with E-state index < -0.39 is 0 Å². The first-order valence-corrected chi connectivity index (χ1v) is 7.94. The van der Waals surface area contributed by atoms with E-state index in [1.807, 2.05) is 24.4 Å². The number of hydrogen-bond acceptors (Lipinski definition) is 5. The van der Waals surface area contributed by atoms with E-state index in [-0.39, 0.29) is 0 Å². The van der Waals surface area contributed by atoms with E-state index in [0.29, 0.717) is 12.1 Å². The highest BCUT2D eigenvalue weighted by atomic mass is 16.1. The Morgan fingerprint density at radius 1 is 1.17 bits per heavy atom. The first-order chi connectivity index (χ1) is 11.8. The van der Waals surface area contributed by atoms with Gasteiger partial charge in [-0.25, -0.2) is 9.97 Å². The molecule has 1 saturated heterocycles. The van der Waals surface area contributed by atoms with E-state index in [0.717, 1.165) is 54.3 Å². The molecule has 3 aromatic rings. The quantitative estimate of drug-likeness (QED) is 0.635. The van der Waals surface area contributed by atoms with Crippen molar-refractivity contribution in [1.29, 1.82) is 0 Å². The topological polar surface area (TPSA) is 85.9 Å². The summed E-state index contributed by atoms with van der Waals surface area (Å²) in [6.07, 6.45) is 4.12. The van der Waals surface area contributed by atoms with E-state index in [1.165, 1.54) is 0 Å². The van der Waals surface area contributed by atoms with Crippen molar-refractivity contribution in [3.05, 3.63) is 36.7 Å². The molecule has 0 atom stereocenters. The molecule has 0 bridgehead atoms. The summed E-state index contributed by atoms with van der Waals surface area (Å²) >= 11 is 0. The van der Waals surface area contributed by atoms with Crippen molar-refractivity contribution in [2.45, 2.75) is 0 Å². The number of nitrogens with one attached hydrogen (secondary N) is 3. The fraction of sp³-hybridized carbons (Fsp3) is 0.235. The minimum Gasteiger partial charge on any atom is -0.354 e. The molecule has 1 fully saturated rings.